The molecule has 0 radical (unpaired) electrons. The molecule has 0 heterocycles. The zero-order valence-electron chi connectivity index (χ0n) is 7.59. The van der Waals surface area contributed by atoms with Crippen molar-refractivity contribution in [2.24, 2.45) is 11.7 Å². The fourth-order valence-corrected chi connectivity index (χ4v) is 1.51. The van der Waals surface area contributed by atoms with E-state index in [0.29, 0.717) is 17.9 Å². The first-order chi connectivity index (χ1) is 5.66. The smallest absolute Gasteiger partial charge is 0.336 e. The number of rotatable bonds is 2. The lowest BCUT2D eigenvalue weighted by molar-refractivity contribution is -0.139. The summed E-state index contributed by atoms with van der Waals surface area (Å²) in [6.07, 6.45) is 1.80. The molecule has 1 aliphatic rings. The molecule has 1 unspecified atom stereocenters. The first-order valence-electron chi connectivity index (χ1n) is 4.32. The van der Waals surface area contributed by atoms with Crippen molar-refractivity contribution >= 4 is 5.97 Å². The average Bonchev–Trinajstić information content (AvgIpc) is 2.32. The lowest BCUT2D eigenvalue weighted by Crippen LogP contribution is -2.14. The van der Waals surface area contributed by atoms with Gasteiger partial charge in [-0.3, -0.25) is 0 Å². The Morgan fingerprint density at radius 2 is 2.42 bits per heavy atom. The summed E-state index contributed by atoms with van der Waals surface area (Å²) in [5.41, 5.74) is 7.08. The van der Waals surface area contributed by atoms with Crippen LogP contribution in [0.4, 0.5) is 0 Å². The molecule has 0 spiro atoms. The van der Waals surface area contributed by atoms with Crippen molar-refractivity contribution in [2.75, 3.05) is 6.61 Å². The summed E-state index contributed by atoms with van der Waals surface area (Å²) < 4.78 is 4.89. The van der Waals surface area contributed by atoms with E-state index in [-0.39, 0.29) is 11.9 Å². The number of hydrogen-bond acceptors (Lipinski definition) is 3. The van der Waals surface area contributed by atoms with Gasteiger partial charge in [0.25, 0.3) is 0 Å². The van der Waals surface area contributed by atoms with Crippen LogP contribution >= 0.6 is 0 Å². The van der Waals surface area contributed by atoms with Gasteiger partial charge in [0.2, 0.25) is 0 Å². The largest absolute Gasteiger partial charge is 0.463 e. The molecule has 0 amide bonds. The summed E-state index contributed by atoms with van der Waals surface area (Å²) in [6, 6.07) is 0. The highest BCUT2D eigenvalue weighted by atomic mass is 16.5. The maximum atomic E-state index is 11.3. The minimum Gasteiger partial charge on any atom is -0.463 e. The highest BCUT2D eigenvalue weighted by Crippen LogP contribution is 2.29. The number of allylic oxidation sites excluding steroid dienone is 1. The molecule has 1 aliphatic carbocycles. The zero-order chi connectivity index (χ0) is 9.14. The van der Waals surface area contributed by atoms with Gasteiger partial charge in [0, 0.05) is 5.70 Å². The Hall–Kier alpha value is -0.990. The van der Waals surface area contributed by atoms with Crippen molar-refractivity contribution in [3.8, 4) is 0 Å². The molecular formula is C9H15NO2. The van der Waals surface area contributed by atoms with E-state index in [2.05, 4.69) is 0 Å². The van der Waals surface area contributed by atoms with Crippen LogP contribution in [-0.2, 0) is 9.53 Å². The first kappa shape index (κ1) is 9.10. The van der Waals surface area contributed by atoms with Crippen LogP contribution < -0.4 is 5.73 Å². The van der Waals surface area contributed by atoms with Crippen molar-refractivity contribution in [3.05, 3.63) is 11.3 Å². The van der Waals surface area contributed by atoms with Gasteiger partial charge in [0.1, 0.15) is 0 Å². The average molecular weight is 169 g/mol. The van der Waals surface area contributed by atoms with Gasteiger partial charge in [0.05, 0.1) is 12.2 Å². The van der Waals surface area contributed by atoms with Crippen LogP contribution in [0.1, 0.15) is 26.7 Å². The fraction of sp³-hybridized carbons (Fsp3) is 0.667. The third-order valence-corrected chi connectivity index (χ3v) is 2.18. The van der Waals surface area contributed by atoms with Crippen LogP contribution in [0.25, 0.3) is 0 Å². The maximum Gasteiger partial charge on any atom is 0.336 e. The van der Waals surface area contributed by atoms with Crippen molar-refractivity contribution in [1.29, 1.82) is 0 Å². The summed E-state index contributed by atoms with van der Waals surface area (Å²) in [4.78, 5) is 11.3. The summed E-state index contributed by atoms with van der Waals surface area (Å²) in [6.45, 7) is 4.22. The number of nitrogens with two attached hydrogens (primary N) is 1. The van der Waals surface area contributed by atoms with E-state index in [1.54, 1.807) is 6.92 Å². The second-order valence-electron chi connectivity index (χ2n) is 3.10. The molecular weight excluding hydrogens is 154 g/mol. The Morgan fingerprint density at radius 1 is 1.75 bits per heavy atom. The molecule has 2 N–H and O–H groups in total. The van der Waals surface area contributed by atoms with E-state index in [1.807, 2.05) is 6.92 Å². The van der Waals surface area contributed by atoms with Gasteiger partial charge in [-0.15, -0.1) is 0 Å². The Morgan fingerprint density at radius 3 is 2.83 bits per heavy atom. The van der Waals surface area contributed by atoms with Crippen molar-refractivity contribution in [3.63, 3.8) is 0 Å². The van der Waals surface area contributed by atoms with Gasteiger partial charge < -0.3 is 10.5 Å². The summed E-state index contributed by atoms with van der Waals surface area (Å²) >= 11 is 0. The van der Waals surface area contributed by atoms with E-state index < -0.39 is 0 Å². The van der Waals surface area contributed by atoms with Crippen molar-refractivity contribution in [1.82, 2.24) is 0 Å². The predicted molar refractivity (Wildman–Crippen MR) is 46.2 cm³/mol. The van der Waals surface area contributed by atoms with E-state index >= 15 is 0 Å². The molecule has 0 saturated carbocycles. The van der Waals surface area contributed by atoms with Gasteiger partial charge in [-0.05, 0) is 25.7 Å². The lowest BCUT2D eigenvalue weighted by Gasteiger charge is -2.07. The van der Waals surface area contributed by atoms with Gasteiger partial charge in [0.15, 0.2) is 0 Å². The molecule has 0 aromatic carbocycles. The lowest BCUT2D eigenvalue weighted by atomic mass is 10.0. The number of carbonyl (C=O) groups excluding carboxylic acids is 1. The molecule has 12 heavy (non-hydrogen) atoms. The van der Waals surface area contributed by atoms with E-state index in [9.17, 15) is 4.79 Å². The Labute approximate surface area is 72.6 Å². The third kappa shape index (κ3) is 1.60. The van der Waals surface area contributed by atoms with Crippen LogP contribution in [-0.4, -0.2) is 12.6 Å². The highest BCUT2D eigenvalue weighted by molar-refractivity contribution is 5.90. The van der Waals surface area contributed by atoms with Gasteiger partial charge in [-0.2, -0.15) is 0 Å². The van der Waals surface area contributed by atoms with Crippen LogP contribution in [0.5, 0.6) is 0 Å². The Bertz CT molecular complexity index is 221. The molecule has 3 nitrogen and oxygen atoms in total. The summed E-state index contributed by atoms with van der Waals surface area (Å²) in [5, 5.41) is 0. The molecule has 0 aliphatic heterocycles. The second-order valence-corrected chi connectivity index (χ2v) is 3.10. The Balaban J connectivity index is 2.72. The second kappa shape index (κ2) is 3.61. The minimum atomic E-state index is -0.236. The topological polar surface area (TPSA) is 52.3 Å². The number of esters is 1. The van der Waals surface area contributed by atoms with E-state index in [4.69, 9.17) is 10.5 Å². The monoisotopic (exact) mass is 169 g/mol. The molecule has 0 fully saturated rings. The SMILES string of the molecule is CCOC(=O)C1=C(N)CCC1C. The van der Waals surface area contributed by atoms with Crippen LogP contribution in [0.15, 0.2) is 11.3 Å². The van der Waals surface area contributed by atoms with Gasteiger partial charge in [-0.25, -0.2) is 4.79 Å². The summed E-state index contributed by atoms with van der Waals surface area (Å²) in [5.74, 6) is 0.0315. The number of hydrogen-bond donors (Lipinski definition) is 1. The standard InChI is InChI=1S/C9H15NO2/c1-3-12-9(11)8-6(2)4-5-7(8)10/h6H,3-5,10H2,1-2H3. The molecule has 0 aromatic rings. The molecule has 0 bridgehead atoms. The molecule has 0 aromatic heterocycles. The Kier molecular flexibility index (Phi) is 2.74. The van der Waals surface area contributed by atoms with E-state index in [0.717, 1.165) is 12.8 Å². The molecule has 1 rings (SSSR count). The fourth-order valence-electron chi connectivity index (χ4n) is 1.51. The zero-order valence-corrected chi connectivity index (χ0v) is 7.59. The maximum absolute atomic E-state index is 11.3. The first-order valence-corrected chi connectivity index (χ1v) is 4.32. The third-order valence-electron chi connectivity index (χ3n) is 2.18. The molecule has 1 atom stereocenters. The number of ether oxygens (including phenoxy) is 1. The van der Waals surface area contributed by atoms with Crippen molar-refractivity contribution in [2.45, 2.75) is 26.7 Å². The number of carbonyl (C=O) groups is 1. The molecule has 0 saturated heterocycles. The summed E-state index contributed by atoms with van der Waals surface area (Å²) in [7, 11) is 0. The normalized spacial score (nSPS) is 23.0. The predicted octanol–water partition coefficient (Wildman–Crippen LogP) is 1.19. The van der Waals surface area contributed by atoms with Crippen LogP contribution in [0, 0.1) is 5.92 Å². The minimum absolute atomic E-state index is 0.236. The quantitative estimate of drug-likeness (QED) is 0.632. The van der Waals surface area contributed by atoms with Crippen LogP contribution in [0.3, 0.4) is 0 Å². The molecule has 3 heteroatoms. The molecule has 68 valence electrons. The van der Waals surface area contributed by atoms with Gasteiger partial charge in [-0.1, -0.05) is 6.92 Å². The van der Waals surface area contributed by atoms with Crippen LogP contribution in [0.2, 0.25) is 0 Å². The van der Waals surface area contributed by atoms with Gasteiger partial charge >= 0.3 is 5.97 Å². The van der Waals surface area contributed by atoms with Crippen molar-refractivity contribution < 1.29 is 9.53 Å². The van der Waals surface area contributed by atoms with E-state index in [1.165, 1.54) is 0 Å². The highest BCUT2D eigenvalue weighted by Gasteiger charge is 2.26.